The van der Waals surface area contributed by atoms with E-state index in [1.165, 1.54) is 9.80 Å². The number of piperazine rings is 1. The zero-order valence-corrected chi connectivity index (χ0v) is 16.1. The average Bonchev–Trinajstić information content (AvgIpc) is 2.81. The Morgan fingerprint density at radius 1 is 0.867 bits per heavy atom. The van der Waals surface area contributed by atoms with Crippen molar-refractivity contribution in [3.63, 3.8) is 0 Å². The zero-order valence-electron chi connectivity index (χ0n) is 16.1. The Kier molecular flexibility index (Phi) is 4.55. The maximum Gasteiger partial charge on any atom is 0.255 e. The smallest absolute Gasteiger partial charge is 0.255 e. The van der Waals surface area contributed by atoms with E-state index in [4.69, 9.17) is 9.47 Å². The van der Waals surface area contributed by atoms with E-state index in [1.807, 2.05) is 36.4 Å². The topological polar surface area (TPSA) is 72.0 Å². The van der Waals surface area contributed by atoms with Crippen LogP contribution in [-0.2, 0) is 9.59 Å². The van der Waals surface area contributed by atoms with E-state index in [2.05, 4.69) is 4.98 Å². The van der Waals surface area contributed by atoms with Crippen molar-refractivity contribution in [2.45, 2.75) is 6.04 Å². The first-order valence-corrected chi connectivity index (χ1v) is 9.70. The predicted molar refractivity (Wildman–Crippen MR) is 111 cm³/mol. The molecule has 2 aromatic carbocycles. The van der Waals surface area contributed by atoms with Gasteiger partial charge in [0, 0.05) is 35.4 Å². The van der Waals surface area contributed by atoms with Crippen molar-refractivity contribution in [3.8, 4) is 11.5 Å². The Morgan fingerprint density at radius 3 is 2.43 bits per heavy atom. The minimum absolute atomic E-state index is 0.0476. The van der Waals surface area contributed by atoms with Crippen LogP contribution in [0.1, 0.15) is 11.6 Å². The first-order chi connectivity index (χ1) is 14.7. The lowest BCUT2D eigenvalue weighted by molar-refractivity contribution is -0.128. The summed E-state index contributed by atoms with van der Waals surface area (Å²) in [5.74, 6) is 0.812. The molecule has 0 spiro atoms. The van der Waals surface area contributed by atoms with E-state index < -0.39 is 6.04 Å². The molecule has 3 aromatic rings. The van der Waals surface area contributed by atoms with Crippen molar-refractivity contribution in [1.29, 1.82) is 0 Å². The number of nitrogens with zero attached hydrogens (tertiary/aromatic N) is 3. The van der Waals surface area contributed by atoms with Crippen LogP contribution >= 0.6 is 0 Å². The lowest BCUT2D eigenvalue weighted by Gasteiger charge is -2.40. The SMILES string of the molecule is O=C1[C@@H](c2cccnc2)N(c2ccc3c(c2)OCCO3)C(=O)CN1c1ccccc1. The molecule has 2 amide bonds. The number of hydrogen-bond donors (Lipinski definition) is 0. The average molecular weight is 401 g/mol. The summed E-state index contributed by atoms with van der Waals surface area (Å²) in [6, 6.07) is 17.3. The summed E-state index contributed by atoms with van der Waals surface area (Å²) in [6.07, 6.45) is 3.26. The Balaban J connectivity index is 1.59. The summed E-state index contributed by atoms with van der Waals surface area (Å²) >= 11 is 0. The van der Waals surface area contributed by atoms with Crippen LogP contribution in [0.2, 0.25) is 0 Å². The molecular formula is C23H19N3O4. The minimum atomic E-state index is -0.831. The van der Waals surface area contributed by atoms with Crippen molar-refractivity contribution < 1.29 is 19.1 Å². The molecule has 7 heteroatoms. The molecule has 5 rings (SSSR count). The minimum Gasteiger partial charge on any atom is -0.486 e. The first kappa shape index (κ1) is 18.2. The predicted octanol–water partition coefficient (Wildman–Crippen LogP) is 2.97. The summed E-state index contributed by atoms with van der Waals surface area (Å²) in [5, 5.41) is 0. The summed E-state index contributed by atoms with van der Waals surface area (Å²) in [4.78, 5) is 34.1. The van der Waals surface area contributed by atoms with Crippen LogP contribution in [0.4, 0.5) is 11.4 Å². The molecule has 7 nitrogen and oxygen atoms in total. The maximum absolute atomic E-state index is 13.6. The third kappa shape index (κ3) is 3.14. The van der Waals surface area contributed by atoms with E-state index in [0.717, 1.165) is 0 Å². The van der Waals surface area contributed by atoms with Gasteiger partial charge in [0.1, 0.15) is 25.8 Å². The zero-order chi connectivity index (χ0) is 20.5. The third-order valence-electron chi connectivity index (χ3n) is 5.19. The van der Waals surface area contributed by atoms with Gasteiger partial charge in [-0.05, 0) is 30.3 Å². The number of anilines is 2. The van der Waals surface area contributed by atoms with E-state index in [-0.39, 0.29) is 18.4 Å². The molecule has 30 heavy (non-hydrogen) atoms. The Bertz CT molecular complexity index is 1090. The van der Waals surface area contributed by atoms with Gasteiger partial charge in [-0.2, -0.15) is 0 Å². The molecule has 3 heterocycles. The highest BCUT2D eigenvalue weighted by Gasteiger charge is 2.42. The van der Waals surface area contributed by atoms with Crippen molar-refractivity contribution in [1.82, 2.24) is 4.98 Å². The van der Waals surface area contributed by atoms with E-state index in [9.17, 15) is 9.59 Å². The number of carbonyl (C=O) groups is 2. The second-order valence-corrected chi connectivity index (χ2v) is 7.04. The fraction of sp³-hybridized carbons (Fsp3) is 0.174. The standard InChI is InChI=1S/C23H19N3O4/c27-21-15-25(17-6-2-1-3-7-17)23(28)22(16-5-4-10-24-14-16)26(21)18-8-9-19-20(13-18)30-12-11-29-19/h1-10,13-14,22H,11-12,15H2/t22-/m1/s1. The molecule has 1 aromatic heterocycles. The van der Waals surface area contributed by atoms with Gasteiger partial charge in [0.15, 0.2) is 11.5 Å². The van der Waals surface area contributed by atoms with E-state index in [0.29, 0.717) is 41.7 Å². The molecule has 150 valence electrons. The number of aromatic nitrogens is 1. The number of rotatable bonds is 3. The van der Waals surface area contributed by atoms with Crippen molar-refractivity contribution in [2.75, 3.05) is 29.6 Å². The molecule has 0 N–H and O–H groups in total. The molecule has 2 aliphatic heterocycles. The second kappa shape index (κ2) is 7.51. The van der Waals surface area contributed by atoms with Gasteiger partial charge in [0.25, 0.3) is 5.91 Å². The Labute approximate surface area is 173 Å². The molecule has 1 fully saturated rings. The summed E-state index contributed by atoms with van der Waals surface area (Å²) < 4.78 is 11.3. The number of hydrogen-bond acceptors (Lipinski definition) is 5. The van der Waals surface area contributed by atoms with Gasteiger partial charge in [-0.1, -0.05) is 24.3 Å². The highest BCUT2D eigenvalue weighted by molar-refractivity contribution is 6.14. The number of ether oxygens (including phenoxy) is 2. The molecule has 0 bridgehead atoms. The first-order valence-electron chi connectivity index (χ1n) is 9.70. The van der Waals surface area contributed by atoms with Gasteiger partial charge in [0.2, 0.25) is 5.91 Å². The van der Waals surface area contributed by atoms with Gasteiger partial charge in [-0.25, -0.2) is 0 Å². The number of carbonyl (C=O) groups excluding carboxylic acids is 2. The van der Waals surface area contributed by atoms with Gasteiger partial charge in [0.05, 0.1) is 0 Å². The lowest BCUT2D eigenvalue weighted by Crippen LogP contribution is -2.56. The third-order valence-corrected chi connectivity index (χ3v) is 5.19. The summed E-state index contributed by atoms with van der Waals surface area (Å²) in [6.45, 7) is 0.878. The lowest BCUT2D eigenvalue weighted by atomic mass is 10.0. The van der Waals surface area contributed by atoms with E-state index >= 15 is 0 Å². The molecule has 0 saturated carbocycles. The van der Waals surface area contributed by atoms with Crippen molar-refractivity contribution in [3.05, 3.63) is 78.6 Å². The highest BCUT2D eigenvalue weighted by Crippen LogP contribution is 2.39. The van der Waals surface area contributed by atoms with Crippen LogP contribution in [0.25, 0.3) is 0 Å². The quantitative estimate of drug-likeness (QED) is 0.675. The maximum atomic E-state index is 13.6. The summed E-state index contributed by atoms with van der Waals surface area (Å²) in [5.41, 5.74) is 1.91. The Hall–Kier alpha value is -3.87. The van der Waals surface area contributed by atoms with Gasteiger partial charge in [-0.15, -0.1) is 0 Å². The molecule has 2 aliphatic rings. The van der Waals surface area contributed by atoms with Crippen LogP contribution in [0, 0.1) is 0 Å². The molecule has 0 aliphatic carbocycles. The van der Waals surface area contributed by atoms with Crippen LogP contribution in [0.5, 0.6) is 11.5 Å². The number of benzene rings is 2. The number of fused-ring (bicyclic) bond motifs is 1. The highest BCUT2D eigenvalue weighted by atomic mass is 16.6. The van der Waals surface area contributed by atoms with Crippen molar-refractivity contribution in [2.24, 2.45) is 0 Å². The number of para-hydroxylation sites is 1. The van der Waals surface area contributed by atoms with Crippen LogP contribution in [0.15, 0.2) is 73.1 Å². The fourth-order valence-corrected chi connectivity index (χ4v) is 3.82. The van der Waals surface area contributed by atoms with E-state index in [1.54, 1.807) is 36.7 Å². The molecule has 1 saturated heterocycles. The monoisotopic (exact) mass is 401 g/mol. The van der Waals surface area contributed by atoms with Crippen LogP contribution in [-0.4, -0.2) is 36.6 Å². The van der Waals surface area contributed by atoms with Gasteiger partial charge < -0.3 is 14.4 Å². The number of amides is 2. The second-order valence-electron chi connectivity index (χ2n) is 7.04. The molecule has 0 unspecified atom stereocenters. The molecular weight excluding hydrogens is 382 g/mol. The van der Waals surface area contributed by atoms with Crippen LogP contribution in [0.3, 0.4) is 0 Å². The van der Waals surface area contributed by atoms with Crippen LogP contribution < -0.4 is 19.3 Å². The number of pyridine rings is 1. The van der Waals surface area contributed by atoms with Gasteiger partial charge in [-0.3, -0.25) is 19.5 Å². The largest absolute Gasteiger partial charge is 0.486 e. The fourth-order valence-electron chi connectivity index (χ4n) is 3.82. The molecule has 0 radical (unpaired) electrons. The normalized spacial score (nSPS) is 18.5. The van der Waals surface area contributed by atoms with Gasteiger partial charge >= 0.3 is 0 Å². The van der Waals surface area contributed by atoms with Crippen molar-refractivity contribution >= 4 is 23.2 Å². The Morgan fingerprint density at radius 2 is 1.67 bits per heavy atom. The summed E-state index contributed by atoms with van der Waals surface area (Å²) in [7, 11) is 0. The molecule has 1 atom stereocenters.